The van der Waals surface area contributed by atoms with Crippen LogP contribution in [0.4, 0.5) is 11.4 Å². The summed E-state index contributed by atoms with van der Waals surface area (Å²) in [5.74, 6) is -1.36. The van der Waals surface area contributed by atoms with Crippen LogP contribution in [0.25, 0.3) is 0 Å². The zero-order valence-electron chi connectivity index (χ0n) is 10.6. The van der Waals surface area contributed by atoms with Crippen LogP contribution in [0, 0.1) is 0 Å². The number of hydrogen-bond donors (Lipinski definition) is 2. The molecule has 0 fully saturated rings. The molecule has 0 saturated carbocycles. The third kappa shape index (κ3) is 3.93. The molecule has 1 aromatic rings. The van der Waals surface area contributed by atoms with E-state index >= 15 is 0 Å². The van der Waals surface area contributed by atoms with Crippen molar-refractivity contribution >= 4 is 23.2 Å². The maximum Gasteiger partial charge on any atom is 0.313 e. The standard InChI is InChI=1S/C13H17N3O2/c1-4-8-14-12(17)13(18)15-10-6-5-7-11(9-10)16(2)3/h4-7,9H,1,8H2,2-3H3,(H,14,17)(H,15,18). The Hall–Kier alpha value is -2.30. The zero-order valence-corrected chi connectivity index (χ0v) is 10.6. The lowest BCUT2D eigenvalue weighted by Crippen LogP contribution is -2.35. The van der Waals surface area contributed by atoms with E-state index in [1.807, 2.05) is 31.1 Å². The fourth-order valence-electron chi connectivity index (χ4n) is 1.29. The molecule has 1 rings (SSSR count). The fraction of sp³-hybridized carbons (Fsp3) is 0.231. The van der Waals surface area contributed by atoms with Gasteiger partial charge in [-0.05, 0) is 18.2 Å². The van der Waals surface area contributed by atoms with Gasteiger partial charge in [0.25, 0.3) is 0 Å². The molecule has 5 nitrogen and oxygen atoms in total. The maximum absolute atomic E-state index is 11.5. The van der Waals surface area contributed by atoms with Crippen LogP contribution in [-0.4, -0.2) is 32.5 Å². The number of carbonyl (C=O) groups is 2. The summed E-state index contributed by atoms with van der Waals surface area (Å²) in [5.41, 5.74) is 1.53. The monoisotopic (exact) mass is 247 g/mol. The molecule has 0 aliphatic heterocycles. The van der Waals surface area contributed by atoms with Gasteiger partial charge in [0.05, 0.1) is 0 Å². The maximum atomic E-state index is 11.5. The van der Waals surface area contributed by atoms with Crippen LogP contribution in [0.1, 0.15) is 0 Å². The van der Waals surface area contributed by atoms with Crippen molar-refractivity contribution in [2.75, 3.05) is 30.9 Å². The van der Waals surface area contributed by atoms with Gasteiger partial charge in [-0.2, -0.15) is 0 Å². The summed E-state index contributed by atoms with van der Waals surface area (Å²) in [5, 5.41) is 4.94. The van der Waals surface area contributed by atoms with Gasteiger partial charge in [0.1, 0.15) is 0 Å². The second-order valence-electron chi connectivity index (χ2n) is 3.90. The first-order valence-electron chi connectivity index (χ1n) is 5.52. The lowest BCUT2D eigenvalue weighted by Gasteiger charge is -2.13. The molecule has 0 atom stereocenters. The molecule has 5 heteroatoms. The van der Waals surface area contributed by atoms with Crippen LogP contribution in [-0.2, 0) is 9.59 Å². The Morgan fingerprint density at radius 1 is 1.33 bits per heavy atom. The van der Waals surface area contributed by atoms with Gasteiger partial charge in [-0.3, -0.25) is 9.59 Å². The van der Waals surface area contributed by atoms with Crippen molar-refractivity contribution in [3.8, 4) is 0 Å². The first-order valence-corrected chi connectivity index (χ1v) is 5.52. The zero-order chi connectivity index (χ0) is 13.5. The average molecular weight is 247 g/mol. The van der Waals surface area contributed by atoms with Crippen molar-refractivity contribution in [1.82, 2.24) is 5.32 Å². The highest BCUT2D eigenvalue weighted by Gasteiger charge is 2.12. The van der Waals surface area contributed by atoms with E-state index in [1.54, 1.807) is 12.1 Å². The molecule has 18 heavy (non-hydrogen) atoms. The lowest BCUT2D eigenvalue weighted by molar-refractivity contribution is -0.136. The minimum absolute atomic E-state index is 0.268. The molecule has 2 amide bonds. The van der Waals surface area contributed by atoms with E-state index < -0.39 is 11.8 Å². The number of nitrogens with one attached hydrogen (secondary N) is 2. The highest BCUT2D eigenvalue weighted by atomic mass is 16.2. The van der Waals surface area contributed by atoms with Crippen molar-refractivity contribution in [2.24, 2.45) is 0 Å². The number of carbonyl (C=O) groups excluding carboxylic acids is 2. The van der Waals surface area contributed by atoms with E-state index in [1.165, 1.54) is 6.08 Å². The van der Waals surface area contributed by atoms with Gasteiger partial charge >= 0.3 is 11.8 Å². The summed E-state index contributed by atoms with van der Waals surface area (Å²) in [4.78, 5) is 24.8. The fourth-order valence-corrected chi connectivity index (χ4v) is 1.29. The summed E-state index contributed by atoms with van der Waals surface area (Å²) in [6.07, 6.45) is 1.51. The van der Waals surface area contributed by atoms with Gasteiger partial charge in [0.15, 0.2) is 0 Å². The molecule has 1 aromatic carbocycles. The number of benzene rings is 1. The average Bonchev–Trinajstić information content (AvgIpc) is 2.36. The summed E-state index contributed by atoms with van der Waals surface area (Å²) >= 11 is 0. The molecule has 0 aliphatic rings. The van der Waals surface area contributed by atoms with Gasteiger partial charge in [-0.25, -0.2) is 0 Å². The molecule has 0 saturated heterocycles. The van der Waals surface area contributed by atoms with Gasteiger partial charge in [-0.15, -0.1) is 6.58 Å². The predicted octanol–water partition coefficient (Wildman–Crippen LogP) is 0.993. The minimum Gasteiger partial charge on any atom is -0.378 e. The van der Waals surface area contributed by atoms with Crippen LogP contribution < -0.4 is 15.5 Å². The van der Waals surface area contributed by atoms with Gasteiger partial charge in [0, 0.05) is 32.0 Å². The number of rotatable bonds is 4. The summed E-state index contributed by atoms with van der Waals surface area (Å²) in [6, 6.07) is 7.24. The molecule has 0 aliphatic carbocycles. The predicted molar refractivity (Wildman–Crippen MR) is 72.6 cm³/mol. The van der Waals surface area contributed by atoms with Crippen molar-refractivity contribution in [3.05, 3.63) is 36.9 Å². The second kappa shape index (κ2) is 6.44. The summed E-state index contributed by atoms with van der Waals surface area (Å²) in [7, 11) is 3.80. The Morgan fingerprint density at radius 3 is 2.67 bits per heavy atom. The van der Waals surface area contributed by atoms with Gasteiger partial charge < -0.3 is 15.5 Å². The normalized spacial score (nSPS) is 9.44. The third-order valence-electron chi connectivity index (χ3n) is 2.23. The molecular formula is C13H17N3O2. The molecule has 96 valence electrons. The SMILES string of the molecule is C=CCNC(=O)C(=O)Nc1cccc(N(C)C)c1. The van der Waals surface area contributed by atoms with Crippen molar-refractivity contribution in [1.29, 1.82) is 0 Å². The Balaban J connectivity index is 2.66. The van der Waals surface area contributed by atoms with Crippen LogP contribution in [0.3, 0.4) is 0 Å². The molecular weight excluding hydrogens is 230 g/mol. The number of anilines is 2. The third-order valence-corrected chi connectivity index (χ3v) is 2.23. The number of nitrogens with zero attached hydrogens (tertiary/aromatic N) is 1. The van der Waals surface area contributed by atoms with Crippen LogP contribution >= 0.6 is 0 Å². The summed E-state index contributed by atoms with van der Waals surface area (Å²) in [6.45, 7) is 3.72. The Morgan fingerprint density at radius 2 is 2.06 bits per heavy atom. The van der Waals surface area contributed by atoms with Crippen molar-refractivity contribution in [3.63, 3.8) is 0 Å². The van der Waals surface area contributed by atoms with E-state index in [0.29, 0.717) is 5.69 Å². The first kappa shape index (κ1) is 13.8. The highest BCUT2D eigenvalue weighted by molar-refractivity contribution is 6.39. The van der Waals surface area contributed by atoms with E-state index in [0.717, 1.165) is 5.69 Å². The molecule has 0 aromatic heterocycles. The number of amides is 2. The molecule has 0 radical (unpaired) electrons. The molecule has 0 unspecified atom stereocenters. The lowest BCUT2D eigenvalue weighted by atomic mass is 10.2. The quantitative estimate of drug-likeness (QED) is 0.616. The first-order chi connectivity index (χ1) is 8.54. The highest BCUT2D eigenvalue weighted by Crippen LogP contribution is 2.16. The van der Waals surface area contributed by atoms with Crippen molar-refractivity contribution in [2.45, 2.75) is 0 Å². The Labute approximate surface area is 106 Å². The van der Waals surface area contributed by atoms with Crippen LogP contribution in [0.2, 0.25) is 0 Å². The van der Waals surface area contributed by atoms with Crippen LogP contribution in [0.5, 0.6) is 0 Å². The van der Waals surface area contributed by atoms with E-state index in [4.69, 9.17) is 0 Å². The van der Waals surface area contributed by atoms with Crippen molar-refractivity contribution < 1.29 is 9.59 Å². The second-order valence-corrected chi connectivity index (χ2v) is 3.90. The smallest absolute Gasteiger partial charge is 0.313 e. The molecule has 0 spiro atoms. The topological polar surface area (TPSA) is 61.4 Å². The van der Waals surface area contributed by atoms with E-state index in [9.17, 15) is 9.59 Å². The van der Waals surface area contributed by atoms with Gasteiger partial charge in [0.2, 0.25) is 0 Å². The Kier molecular flexibility index (Phi) is 4.92. The summed E-state index contributed by atoms with van der Waals surface area (Å²) < 4.78 is 0. The molecule has 2 N–H and O–H groups in total. The Bertz CT molecular complexity index is 455. The molecule has 0 bridgehead atoms. The van der Waals surface area contributed by atoms with Gasteiger partial charge in [-0.1, -0.05) is 12.1 Å². The number of hydrogen-bond acceptors (Lipinski definition) is 3. The van der Waals surface area contributed by atoms with Crippen LogP contribution in [0.15, 0.2) is 36.9 Å². The van der Waals surface area contributed by atoms with E-state index in [-0.39, 0.29) is 6.54 Å². The molecule has 0 heterocycles. The minimum atomic E-state index is -0.687. The van der Waals surface area contributed by atoms with E-state index in [2.05, 4.69) is 17.2 Å². The largest absolute Gasteiger partial charge is 0.378 e.